The zero-order valence-corrected chi connectivity index (χ0v) is 22.7. The van der Waals surface area contributed by atoms with Crippen molar-refractivity contribution in [2.24, 2.45) is 0 Å². The third-order valence-electron chi connectivity index (χ3n) is 7.34. The molecule has 0 bridgehead atoms. The largest absolute Gasteiger partial charge is 0.350 e. The molecule has 1 aliphatic rings. The van der Waals surface area contributed by atoms with Gasteiger partial charge in [0.2, 0.25) is 0 Å². The number of thiophene rings is 1. The highest BCUT2D eigenvalue weighted by Gasteiger charge is 2.27. The van der Waals surface area contributed by atoms with Crippen LogP contribution in [-0.2, 0) is 0 Å². The highest BCUT2D eigenvalue weighted by molar-refractivity contribution is 7.20. The Hall–Kier alpha value is -4.01. The first-order valence-electron chi connectivity index (χ1n) is 13.4. The first-order chi connectivity index (χ1) is 19.1. The Kier molecular flexibility index (Phi) is 7.13. The highest BCUT2D eigenvalue weighted by atomic mass is 32.1. The molecule has 2 aromatic heterocycles. The Morgan fingerprint density at radius 1 is 1.03 bits per heavy atom. The third kappa shape index (κ3) is 5.30. The molecule has 0 aliphatic carbocycles. The summed E-state index contributed by atoms with van der Waals surface area (Å²) in [5.41, 5.74) is 3.15. The molecule has 2 amide bonds. The fraction of sp³-hybridized carbons (Fsp3) is 0.258. The minimum Gasteiger partial charge on any atom is -0.350 e. The van der Waals surface area contributed by atoms with Crippen molar-refractivity contribution >= 4 is 50.0 Å². The first-order valence-corrected chi connectivity index (χ1v) is 14.3. The number of hydrogen-bond donors (Lipinski definition) is 2. The number of carbonyl (C=O) groups is 2. The zero-order valence-electron chi connectivity index (χ0n) is 21.9. The van der Waals surface area contributed by atoms with E-state index < -0.39 is 0 Å². The van der Waals surface area contributed by atoms with Gasteiger partial charge in [-0.05, 0) is 86.8 Å². The van der Waals surface area contributed by atoms with E-state index in [2.05, 4.69) is 15.2 Å². The number of rotatable bonds is 8. The standard InChI is InChI=1S/C31H31N5O2S/c1-21(29-33-25-11-5-6-12-26(25)34-29)36(31(38)22-9-3-2-4-10-22)24-13-14-27-23(19-24)20-28(39-27)30(37)32-15-18-35-16-7-8-17-35/h2-6,9-14,19-21H,7-8,15-18H2,1H3,(H,32,37)(H,33,34). The smallest absolute Gasteiger partial charge is 0.261 e. The number of nitrogens with zero attached hydrogens (tertiary/aromatic N) is 3. The van der Waals surface area contributed by atoms with Crippen molar-refractivity contribution in [3.63, 3.8) is 0 Å². The molecule has 198 valence electrons. The van der Waals surface area contributed by atoms with Gasteiger partial charge >= 0.3 is 0 Å². The molecule has 1 aliphatic heterocycles. The molecule has 5 aromatic rings. The van der Waals surface area contributed by atoms with Gasteiger partial charge < -0.3 is 15.2 Å². The number of benzene rings is 3. The predicted octanol–water partition coefficient (Wildman–Crippen LogP) is 6.01. The number of imidazole rings is 1. The summed E-state index contributed by atoms with van der Waals surface area (Å²) >= 11 is 1.47. The SMILES string of the molecule is CC(c1nc2ccccc2[nH]1)N(C(=O)c1ccccc1)c1ccc2sc(C(=O)NCCN3CCCC3)cc2c1. The molecule has 0 radical (unpaired) electrons. The van der Waals surface area contributed by atoms with Gasteiger partial charge in [-0.3, -0.25) is 14.5 Å². The van der Waals surface area contributed by atoms with Crippen LogP contribution in [0.25, 0.3) is 21.1 Å². The lowest BCUT2D eigenvalue weighted by Crippen LogP contribution is -2.34. The molecule has 3 heterocycles. The number of para-hydroxylation sites is 2. The van der Waals surface area contributed by atoms with Gasteiger partial charge in [0.15, 0.2) is 0 Å². The number of carbonyl (C=O) groups excluding carboxylic acids is 2. The Balaban J connectivity index is 1.29. The molecule has 7 nitrogen and oxygen atoms in total. The van der Waals surface area contributed by atoms with E-state index in [0.717, 1.165) is 46.4 Å². The molecule has 0 spiro atoms. The van der Waals surface area contributed by atoms with Crippen molar-refractivity contribution in [3.05, 3.63) is 95.1 Å². The van der Waals surface area contributed by atoms with Gasteiger partial charge in [0.25, 0.3) is 11.8 Å². The molecular formula is C31H31N5O2S. The van der Waals surface area contributed by atoms with Crippen LogP contribution in [0.5, 0.6) is 0 Å². The summed E-state index contributed by atoms with van der Waals surface area (Å²) in [6.45, 7) is 5.75. The number of hydrogen-bond acceptors (Lipinski definition) is 5. The Labute approximate surface area is 231 Å². The highest BCUT2D eigenvalue weighted by Crippen LogP contribution is 2.34. The van der Waals surface area contributed by atoms with Crippen molar-refractivity contribution in [3.8, 4) is 0 Å². The van der Waals surface area contributed by atoms with Crippen LogP contribution in [0.4, 0.5) is 5.69 Å². The van der Waals surface area contributed by atoms with Crippen molar-refractivity contribution in [1.82, 2.24) is 20.2 Å². The number of amides is 2. The van der Waals surface area contributed by atoms with Gasteiger partial charge in [-0.1, -0.05) is 30.3 Å². The maximum absolute atomic E-state index is 13.9. The second kappa shape index (κ2) is 11.0. The molecule has 3 aromatic carbocycles. The van der Waals surface area contributed by atoms with E-state index in [1.165, 1.54) is 24.2 Å². The van der Waals surface area contributed by atoms with Gasteiger partial charge in [-0.15, -0.1) is 11.3 Å². The van der Waals surface area contributed by atoms with Gasteiger partial charge in [-0.2, -0.15) is 0 Å². The molecule has 1 atom stereocenters. The number of aromatic amines is 1. The van der Waals surface area contributed by atoms with Crippen molar-refractivity contribution in [1.29, 1.82) is 0 Å². The lowest BCUT2D eigenvalue weighted by Gasteiger charge is -2.28. The van der Waals surface area contributed by atoms with Crippen LogP contribution >= 0.6 is 11.3 Å². The van der Waals surface area contributed by atoms with E-state index >= 15 is 0 Å². The molecular weight excluding hydrogens is 506 g/mol. The predicted molar refractivity (Wildman–Crippen MR) is 158 cm³/mol. The lowest BCUT2D eigenvalue weighted by molar-refractivity contribution is 0.0951. The second-order valence-corrected chi connectivity index (χ2v) is 11.1. The molecule has 1 fully saturated rings. The topological polar surface area (TPSA) is 81.3 Å². The van der Waals surface area contributed by atoms with Crippen LogP contribution in [0, 0.1) is 0 Å². The van der Waals surface area contributed by atoms with E-state index in [1.54, 1.807) is 4.90 Å². The Morgan fingerprint density at radius 3 is 2.59 bits per heavy atom. The molecule has 0 saturated carbocycles. The lowest BCUT2D eigenvalue weighted by atomic mass is 10.1. The summed E-state index contributed by atoms with van der Waals surface area (Å²) in [4.78, 5) is 39.8. The molecule has 1 saturated heterocycles. The summed E-state index contributed by atoms with van der Waals surface area (Å²) in [7, 11) is 0. The van der Waals surface area contributed by atoms with Crippen molar-refractivity contribution in [2.45, 2.75) is 25.8 Å². The maximum Gasteiger partial charge on any atom is 0.261 e. The van der Waals surface area contributed by atoms with Crippen LogP contribution in [0.1, 0.15) is 51.7 Å². The van der Waals surface area contributed by atoms with Gasteiger partial charge in [-0.25, -0.2) is 4.98 Å². The quantitative estimate of drug-likeness (QED) is 0.254. The number of anilines is 1. The third-order valence-corrected chi connectivity index (χ3v) is 8.46. The van der Waals surface area contributed by atoms with E-state index in [1.807, 2.05) is 85.8 Å². The summed E-state index contributed by atoms with van der Waals surface area (Å²) in [5.74, 6) is 0.548. The molecule has 1 unspecified atom stereocenters. The minimum atomic E-state index is -0.352. The molecule has 6 rings (SSSR count). The molecule has 2 N–H and O–H groups in total. The Bertz CT molecular complexity index is 1590. The number of aromatic nitrogens is 2. The van der Waals surface area contributed by atoms with Crippen molar-refractivity contribution < 1.29 is 9.59 Å². The minimum absolute atomic E-state index is 0.0511. The number of H-pyrrole nitrogens is 1. The maximum atomic E-state index is 13.9. The van der Waals surface area contributed by atoms with Crippen LogP contribution < -0.4 is 10.2 Å². The monoisotopic (exact) mass is 537 g/mol. The van der Waals surface area contributed by atoms with E-state index in [9.17, 15) is 9.59 Å². The van der Waals surface area contributed by atoms with Gasteiger partial charge in [0, 0.05) is 29.0 Å². The average molecular weight is 538 g/mol. The fourth-order valence-electron chi connectivity index (χ4n) is 5.24. The first kappa shape index (κ1) is 25.3. The molecule has 39 heavy (non-hydrogen) atoms. The van der Waals surface area contributed by atoms with E-state index in [-0.39, 0.29) is 17.9 Å². The van der Waals surface area contributed by atoms with Crippen LogP contribution in [0.2, 0.25) is 0 Å². The summed E-state index contributed by atoms with van der Waals surface area (Å²) < 4.78 is 1.01. The van der Waals surface area contributed by atoms with Gasteiger partial charge in [0.1, 0.15) is 5.82 Å². The van der Waals surface area contributed by atoms with E-state index in [0.29, 0.717) is 22.8 Å². The number of likely N-dealkylation sites (tertiary alicyclic amines) is 1. The van der Waals surface area contributed by atoms with Crippen LogP contribution in [-0.4, -0.2) is 52.9 Å². The zero-order chi connectivity index (χ0) is 26.8. The summed E-state index contributed by atoms with van der Waals surface area (Å²) in [5, 5.41) is 4.00. The van der Waals surface area contributed by atoms with Crippen LogP contribution in [0.15, 0.2) is 78.9 Å². The Morgan fingerprint density at radius 2 is 1.79 bits per heavy atom. The van der Waals surface area contributed by atoms with Crippen molar-refractivity contribution in [2.75, 3.05) is 31.1 Å². The summed E-state index contributed by atoms with van der Waals surface area (Å²) in [6.07, 6.45) is 2.48. The number of fused-ring (bicyclic) bond motifs is 2. The normalized spacial score (nSPS) is 14.6. The average Bonchev–Trinajstić information content (AvgIpc) is 3.73. The summed E-state index contributed by atoms with van der Waals surface area (Å²) in [6, 6.07) is 24.7. The van der Waals surface area contributed by atoms with E-state index in [4.69, 9.17) is 4.98 Å². The van der Waals surface area contributed by atoms with Crippen LogP contribution in [0.3, 0.4) is 0 Å². The number of nitrogens with one attached hydrogen (secondary N) is 2. The fourth-order valence-corrected chi connectivity index (χ4v) is 6.20. The van der Waals surface area contributed by atoms with Gasteiger partial charge in [0.05, 0.1) is 22.0 Å². The second-order valence-electron chi connectivity index (χ2n) is 9.99. The molecule has 8 heteroatoms.